The van der Waals surface area contributed by atoms with Crippen molar-refractivity contribution >= 4 is 0 Å². The van der Waals surface area contributed by atoms with Crippen LogP contribution in [0.15, 0.2) is 24.3 Å². The Morgan fingerprint density at radius 1 is 1.26 bits per heavy atom. The smallest absolute Gasteiger partial charge is 0.0296 e. The van der Waals surface area contributed by atoms with Crippen molar-refractivity contribution in [3.63, 3.8) is 0 Å². The Balaban J connectivity index is 1.84. The first-order valence-corrected chi connectivity index (χ1v) is 7.74. The number of aryl methyl sites for hydroxylation is 1. The fourth-order valence-electron chi connectivity index (χ4n) is 3.16. The van der Waals surface area contributed by atoms with Crippen LogP contribution in [0, 0.1) is 6.92 Å². The summed E-state index contributed by atoms with van der Waals surface area (Å²) in [5.41, 5.74) is 2.84. The molecule has 1 fully saturated rings. The summed E-state index contributed by atoms with van der Waals surface area (Å²) in [4.78, 5) is 2.59. The average molecular weight is 260 g/mol. The number of nitrogens with zero attached hydrogens (tertiary/aromatic N) is 1. The highest BCUT2D eigenvalue weighted by Crippen LogP contribution is 2.20. The average Bonchev–Trinajstić information content (AvgIpc) is 2.42. The van der Waals surface area contributed by atoms with Gasteiger partial charge in [-0.1, -0.05) is 31.2 Å². The van der Waals surface area contributed by atoms with Gasteiger partial charge in [-0.25, -0.2) is 0 Å². The molecule has 2 nitrogen and oxygen atoms in total. The summed E-state index contributed by atoms with van der Waals surface area (Å²) in [6.45, 7) is 10.5. The first kappa shape index (κ1) is 14.5. The molecule has 1 aliphatic rings. The maximum Gasteiger partial charge on any atom is 0.0296 e. The van der Waals surface area contributed by atoms with Crippen molar-refractivity contribution in [2.45, 2.75) is 52.1 Å². The van der Waals surface area contributed by atoms with Crippen molar-refractivity contribution in [2.24, 2.45) is 0 Å². The largest absolute Gasteiger partial charge is 0.307 e. The lowest BCUT2D eigenvalue weighted by Crippen LogP contribution is -2.43. The van der Waals surface area contributed by atoms with Crippen molar-refractivity contribution in [2.75, 3.05) is 19.6 Å². The Labute approximate surface area is 118 Å². The minimum absolute atomic E-state index is 0.462. The van der Waals surface area contributed by atoms with Gasteiger partial charge in [0.2, 0.25) is 0 Å². The second-order valence-corrected chi connectivity index (χ2v) is 5.86. The second kappa shape index (κ2) is 7.06. The van der Waals surface area contributed by atoms with Crippen LogP contribution in [0.25, 0.3) is 0 Å². The fraction of sp³-hybridized carbons (Fsp3) is 0.647. The van der Waals surface area contributed by atoms with Crippen molar-refractivity contribution in [1.29, 1.82) is 0 Å². The van der Waals surface area contributed by atoms with Crippen molar-refractivity contribution in [3.8, 4) is 0 Å². The zero-order valence-corrected chi connectivity index (χ0v) is 12.7. The predicted molar refractivity (Wildman–Crippen MR) is 82.5 cm³/mol. The molecule has 0 aliphatic carbocycles. The van der Waals surface area contributed by atoms with E-state index in [2.05, 4.69) is 55.3 Å². The van der Waals surface area contributed by atoms with Gasteiger partial charge in [-0.3, -0.25) is 0 Å². The second-order valence-electron chi connectivity index (χ2n) is 5.86. The van der Waals surface area contributed by atoms with E-state index >= 15 is 0 Å². The van der Waals surface area contributed by atoms with Gasteiger partial charge in [0, 0.05) is 12.1 Å². The van der Waals surface area contributed by atoms with Gasteiger partial charge in [-0.15, -0.1) is 0 Å². The molecule has 0 spiro atoms. The normalized spacial score (nSPS) is 19.5. The molecule has 19 heavy (non-hydrogen) atoms. The van der Waals surface area contributed by atoms with E-state index in [1.54, 1.807) is 0 Å². The lowest BCUT2D eigenvalue weighted by atomic mass is 9.99. The van der Waals surface area contributed by atoms with E-state index < -0.39 is 0 Å². The highest BCUT2D eigenvalue weighted by Gasteiger charge is 2.20. The summed E-state index contributed by atoms with van der Waals surface area (Å²) in [6.07, 6.45) is 3.85. The summed E-state index contributed by atoms with van der Waals surface area (Å²) in [5, 5.41) is 3.81. The molecule has 1 aliphatic heterocycles. The van der Waals surface area contributed by atoms with E-state index in [4.69, 9.17) is 0 Å². The SMILES string of the molecule is CCCN1CCC(N[C@@H](C)c2ccccc2C)CC1. The summed E-state index contributed by atoms with van der Waals surface area (Å²) in [6, 6.07) is 9.86. The topological polar surface area (TPSA) is 15.3 Å². The Kier molecular flexibility index (Phi) is 5.41. The number of hydrogen-bond acceptors (Lipinski definition) is 2. The molecule has 1 atom stereocenters. The van der Waals surface area contributed by atoms with E-state index in [1.807, 2.05) is 0 Å². The minimum Gasteiger partial charge on any atom is -0.307 e. The summed E-state index contributed by atoms with van der Waals surface area (Å²) >= 11 is 0. The molecular weight excluding hydrogens is 232 g/mol. The van der Waals surface area contributed by atoms with Gasteiger partial charge < -0.3 is 10.2 Å². The number of hydrogen-bond donors (Lipinski definition) is 1. The third-order valence-electron chi connectivity index (χ3n) is 4.27. The van der Waals surface area contributed by atoms with E-state index in [1.165, 1.54) is 50.0 Å². The molecule has 1 saturated heterocycles. The molecule has 1 N–H and O–H groups in total. The maximum absolute atomic E-state index is 3.81. The van der Waals surface area contributed by atoms with Gasteiger partial charge in [0.1, 0.15) is 0 Å². The molecule has 0 aromatic heterocycles. The van der Waals surface area contributed by atoms with E-state index in [9.17, 15) is 0 Å². The summed E-state index contributed by atoms with van der Waals surface area (Å²) < 4.78 is 0. The van der Waals surface area contributed by atoms with Gasteiger partial charge in [0.15, 0.2) is 0 Å². The number of likely N-dealkylation sites (tertiary alicyclic amines) is 1. The van der Waals surface area contributed by atoms with Crippen LogP contribution < -0.4 is 5.32 Å². The van der Waals surface area contributed by atoms with Crippen LogP contribution in [-0.4, -0.2) is 30.6 Å². The van der Waals surface area contributed by atoms with E-state index in [0.29, 0.717) is 12.1 Å². The van der Waals surface area contributed by atoms with Crippen molar-refractivity contribution in [1.82, 2.24) is 10.2 Å². The lowest BCUT2D eigenvalue weighted by molar-refractivity contribution is 0.192. The Hall–Kier alpha value is -0.860. The van der Waals surface area contributed by atoms with Gasteiger partial charge in [-0.2, -0.15) is 0 Å². The molecule has 1 aromatic rings. The van der Waals surface area contributed by atoms with E-state index in [0.717, 1.165) is 0 Å². The molecule has 2 rings (SSSR count). The zero-order valence-electron chi connectivity index (χ0n) is 12.7. The van der Waals surface area contributed by atoms with Gasteiger partial charge in [0.05, 0.1) is 0 Å². The molecule has 0 saturated carbocycles. The number of piperidine rings is 1. The number of rotatable bonds is 5. The quantitative estimate of drug-likeness (QED) is 0.871. The van der Waals surface area contributed by atoms with Crippen LogP contribution in [-0.2, 0) is 0 Å². The standard InChI is InChI=1S/C17H28N2/c1-4-11-19-12-9-16(10-13-19)18-15(3)17-8-6-5-7-14(17)2/h5-8,15-16,18H,4,9-13H2,1-3H3/t15-/m0/s1. The third-order valence-corrected chi connectivity index (χ3v) is 4.27. The lowest BCUT2D eigenvalue weighted by Gasteiger charge is -2.34. The van der Waals surface area contributed by atoms with Crippen molar-refractivity contribution < 1.29 is 0 Å². The molecule has 106 valence electrons. The molecule has 1 heterocycles. The molecule has 1 aromatic carbocycles. The van der Waals surface area contributed by atoms with E-state index in [-0.39, 0.29) is 0 Å². The highest BCUT2D eigenvalue weighted by molar-refractivity contribution is 5.28. The molecule has 0 radical (unpaired) electrons. The van der Waals surface area contributed by atoms with Crippen LogP contribution in [0.5, 0.6) is 0 Å². The Morgan fingerprint density at radius 3 is 2.58 bits per heavy atom. The van der Waals surface area contributed by atoms with Crippen molar-refractivity contribution in [3.05, 3.63) is 35.4 Å². The van der Waals surface area contributed by atoms with Crippen LogP contribution in [0.1, 0.15) is 50.3 Å². The first-order chi connectivity index (χ1) is 9.20. The van der Waals surface area contributed by atoms with Crippen LogP contribution in [0.4, 0.5) is 0 Å². The zero-order chi connectivity index (χ0) is 13.7. The maximum atomic E-state index is 3.81. The Morgan fingerprint density at radius 2 is 1.95 bits per heavy atom. The third kappa shape index (κ3) is 4.05. The summed E-state index contributed by atoms with van der Waals surface area (Å²) in [5.74, 6) is 0. The molecule has 0 unspecified atom stereocenters. The Bertz CT molecular complexity index is 381. The van der Waals surface area contributed by atoms with Crippen LogP contribution in [0.3, 0.4) is 0 Å². The van der Waals surface area contributed by atoms with Gasteiger partial charge in [-0.05, 0) is 63.9 Å². The predicted octanol–water partition coefficient (Wildman–Crippen LogP) is 3.52. The highest BCUT2D eigenvalue weighted by atomic mass is 15.1. The molecule has 2 heteroatoms. The fourth-order valence-corrected chi connectivity index (χ4v) is 3.16. The minimum atomic E-state index is 0.462. The van der Waals surface area contributed by atoms with Gasteiger partial charge in [0.25, 0.3) is 0 Å². The molecular formula is C17H28N2. The number of benzene rings is 1. The monoisotopic (exact) mass is 260 g/mol. The number of nitrogens with one attached hydrogen (secondary N) is 1. The van der Waals surface area contributed by atoms with Gasteiger partial charge >= 0.3 is 0 Å². The van der Waals surface area contributed by atoms with Crippen LogP contribution in [0.2, 0.25) is 0 Å². The van der Waals surface area contributed by atoms with Crippen LogP contribution >= 0.6 is 0 Å². The first-order valence-electron chi connectivity index (χ1n) is 7.74. The molecule has 0 amide bonds. The summed E-state index contributed by atoms with van der Waals surface area (Å²) in [7, 11) is 0. The molecule has 0 bridgehead atoms.